The summed E-state index contributed by atoms with van der Waals surface area (Å²) in [4.78, 5) is 23.1. The third-order valence-electron chi connectivity index (χ3n) is 4.48. The van der Waals surface area contributed by atoms with E-state index in [2.05, 4.69) is 13.8 Å². The number of rotatable bonds is 15. The average molecular weight is 427 g/mol. The molecule has 2 unspecified atom stereocenters. The minimum Gasteiger partial charge on any atom is -0.478 e. The van der Waals surface area contributed by atoms with Crippen molar-refractivity contribution >= 4 is 11.9 Å². The summed E-state index contributed by atoms with van der Waals surface area (Å²) in [6, 6.07) is 4.27. The third kappa shape index (κ3) is 8.02. The topological polar surface area (TPSA) is 112 Å². The molecule has 1 rings (SSSR count). The number of hydrogen-bond donors (Lipinski definition) is 2. The predicted molar refractivity (Wildman–Crippen MR) is 111 cm³/mol. The van der Waals surface area contributed by atoms with Crippen molar-refractivity contribution in [1.29, 1.82) is 0 Å². The van der Waals surface area contributed by atoms with Crippen LogP contribution >= 0.6 is 0 Å². The smallest absolute Gasteiger partial charge is 0.336 e. The molecule has 0 aliphatic rings. The van der Waals surface area contributed by atoms with Crippen LogP contribution in [0.4, 0.5) is 0 Å². The van der Waals surface area contributed by atoms with Crippen molar-refractivity contribution in [3.8, 4) is 0 Å². The van der Waals surface area contributed by atoms with Crippen LogP contribution in [0.5, 0.6) is 0 Å². The number of carbonyl (C=O) groups is 2. The molecular formula is C22H34O8. The van der Waals surface area contributed by atoms with Gasteiger partial charge in [0.25, 0.3) is 5.97 Å². The van der Waals surface area contributed by atoms with Gasteiger partial charge in [-0.1, -0.05) is 38.8 Å². The third-order valence-corrected chi connectivity index (χ3v) is 4.48. The summed E-state index contributed by atoms with van der Waals surface area (Å²) in [7, 11) is 0. The van der Waals surface area contributed by atoms with Crippen LogP contribution in [0, 0.1) is 0 Å². The van der Waals surface area contributed by atoms with Gasteiger partial charge in [0, 0.05) is 6.92 Å². The van der Waals surface area contributed by atoms with Crippen molar-refractivity contribution < 1.29 is 38.7 Å². The Balaban J connectivity index is 2.93. The normalized spacial score (nSPS) is 13.8. The van der Waals surface area contributed by atoms with E-state index in [0.29, 0.717) is 13.2 Å². The van der Waals surface area contributed by atoms with Crippen molar-refractivity contribution in [3.63, 3.8) is 0 Å². The van der Waals surface area contributed by atoms with Crippen LogP contribution < -0.4 is 0 Å². The van der Waals surface area contributed by atoms with Gasteiger partial charge in [0.15, 0.2) is 6.29 Å². The number of carboxylic acid groups (broad SMARTS) is 2. The number of unbranched alkanes of at least 4 members (excludes halogenated alkanes) is 2. The van der Waals surface area contributed by atoms with Crippen LogP contribution in [0.3, 0.4) is 0 Å². The second kappa shape index (κ2) is 12.6. The lowest BCUT2D eigenvalue weighted by molar-refractivity contribution is -0.410. The Bertz CT molecular complexity index is 678. The Labute approximate surface area is 178 Å². The van der Waals surface area contributed by atoms with E-state index in [1.165, 1.54) is 18.2 Å². The van der Waals surface area contributed by atoms with Crippen molar-refractivity contribution in [2.24, 2.45) is 0 Å². The molecule has 30 heavy (non-hydrogen) atoms. The molecule has 1 aromatic rings. The molecule has 0 heterocycles. The summed E-state index contributed by atoms with van der Waals surface area (Å²) in [5.41, 5.74) is -0.344. The van der Waals surface area contributed by atoms with Crippen molar-refractivity contribution in [2.45, 2.75) is 78.7 Å². The maximum absolute atomic E-state index is 11.7. The van der Waals surface area contributed by atoms with E-state index in [9.17, 15) is 19.8 Å². The largest absolute Gasteiger partial charge is 0.478 e. The van der Waals surface area contributed by atoms with Crippen molar-refractivity contribution in [3.05, 3.63) is 34.9 Å². The molecule has 0 radical (unpaired) electrons. The molecule has 0 amide bonds. The first-order valence-corrected chi connectivity index (χ1v) is 10.4. The van der Waals surface area contributed by atoms with Crippen LogP contribution in [0.25, 0.3) is 0 Å². The first-order chi connectivity index (χ1) is 14.1. The van der Waals surface area contributed by atoms with Crippen LogP contribution in [0.15, 0.2) is 18.2 Å². The fourth-order valence-corrected chi connectivity index (χ4v) is 2.93. The Kier molecular flexibility index (Phi) is 11.0. The van der Waals surface area contributed by atoms with Crippen LogP contribution in [0.2, 0.25) is 0 Å². The molecule has 0 spiro atoms. The zero-order valence-corrected chi connectivity index (χ0v) is 18.5. The minimum atomic E-state index is -1.33. The van der Waals surface area contributed by atoms with Crippen molar-refractivity contribution in [1.82, 2.24) is 0 Å². The Hall–Kier alpha value is -2.00. The number of aromatic carboxylic acids is 2. The van der Waals surface area contributed by atoms with Gasteiger partial charge in [-0.2, -0.15) is 0 Å². The van der Waals surface area contributed by atoms with E-state index in [4.69, 9.17) is 18.9 Å². The Morgan fingerprint density at radius 3 is 2.03 bits per heavy atom. The second-order valence-electron chi connectivity index (χ2n) is 7.11. The fourth-order valence-electron chi connectivity index (χ4n) is 2.93. The summed E-state index contributed by atoms with van der Waals surface area (Å²) < 4.78 is 23.3. The van der Waals surface area contributed by atoms with Gasteiger partial charge in [0.2, 0.25) is 0 Å². The molecule has 0 aromatic heterocycles. The highest BCUT2D eigenvalue weighted by Gasteiger charge is 2.31. The maximum Gasteiger partial charge on any atom is 0.336 e. The monoisotopic (exact) mass is 426 g/mol. The van der Waals surface area contributed by atoms with Crippen LogP contribution in [-0.2, 0) is 18.9 Å². The zero-order valence-electron chi connectivity index (χ0n) is 18.5. The van der Waals surface area contributed by atoms with E-state index in [0.717, 1.165) is 25.7 Å². The van der Waals surface area contributed by atoms with E-state index in [-0.39, 0.29) is 16.7 Å². The molecule has 8 nitrogen and oxygen atoms in total. The standard InChI is InChI=1S/C22H34O8/c1-6-8-13-27-22(5,28-14-9-7-2)30-16(4)29-15(3)17-11-10-12-18(20(23)24)19(17)21(25)26/h10-12,15-16H,6-9,13-14H2,1-5H3,(H,23,24)(H,25,26). The van der Waals surface area contributed by atoms with Gasteiger partial charge in [-0.15, -0.1) is 0 Å². The highest BCUT2D eigenvalue weighted by atomic mass is 16.9. The summed E-state index contributed by atoms with van der Waals surface area (Å²) in [6.07, 6.45) is 2.10. The van der Waals surface area contributed by atoms with E-state index >= 15 is 0 Å². The van der Waals surface area contributed by atoms with E-state index in [1.54, 1.807) is 20.8 Å². The lowest BCUT2D eigenvalue weighted by Crippen LogP contribution is -2.40. The van der Waals surface area contributed by atoms with Crippen molar-refractivity contribution in [2.75, 3.05) is 13.2 Å². The molecule has 0 aliphatic heterocycles. The molecule has 2 N–H and O–H groups in total. The molecule has 0 saturated carbocycles. The summed E-state index contributed by atoms with van der Waals surface area (Å²) in [6.45, 7) is 10.0. The molecule has 1 aromatic carbocycles. The molecule has 2 atom stereocenters. The molecule has 8 heteroatoms. The lowest BCUT2D eigenvalue weighted by Gasteiger charge is -2.33. The van der Waals surface area contributed by atoms with Crippen LogP contribution in [-0.4, -0.2) is 47.6 Å². The fraction of sp³-hybridized carbons (Fsp3) is 0.636. The minimum absolute atomic E-state index is 0.248. The molecular weight excluding hydrogens is 392 g/mol. The average Bonchev–Trinajstić information content (AvgIpc) is 2.67. The lowest BCUT2D eigenvalue weighted by atomic mass is 9.97. The van der Waals surface area contributed by atoms with Gasteiger partial charge < -0.3 is 24.4 Å². The first kappa shape index (κ1) is 26.0. The highest BCUT2D eigenvalue weighted by molar-refractivity contribution is 6.02. The van der Waals surface area contributed by atoms with Crippen LogP contribution in [0.1, 0.15) is 92.7 Å². The predicted octanol–water partition coefficient (Wildman–Crippen LogP) is 4.83. The quantitative estimate of drug-likeness (QED) is 0.303. The van der Waals surface area contributed by atoms with E-state index in [1.807, 2.05) is 0 Å². The molecule has 0 fully saturated rings. The summed E-state index contributed by atoms with van der Waals surface area (Å²) >= 11 is 0. The van der Waals surface area contributed by atoms with E-state index < -0.39 is 30.3 Å². The number of benzene rings is 1. The molecule has 170 valence electrons. The highest BCUT2D eigenvalue weighted by Crippen LogP contribution is 2.28. The SMILES string of the molecule is CCCCOC(C)(OCCCC)OC(C)OC(C)c1cccc(C(=O)O)c1C(=O)O. The molecule has 0 bridgehead atoms. The van der Waals surface area contributed by atoms with Gasteiger partial charge in [0.1, 0.15) is 0 Å². The maximum atomic E-state index is 11.7. The first-order valence-electron chi connectivity index (χ1n) is 10.4. The van der Waals surface area contributed by atoms with Gasteiger partial charge in [0.05, 0.1) is 30.4 Å². The summed E-state index contributed by atoms with van der Waals surface area (Å²) in [5, 5.41) is 18.8. The molecule has 0 saturated heterocycles. The van der Waals surface area contributed by atoms with Gasteiger partial charge in [-0.05, 0) is 38.3 Å². The number of ether oxygens (including phenoxy) is 4. The molecule has 0 aliphatic carbocycles. The second-order valence-corrected chi connectivity index (χ2v) is 7.11. The van der Waals surface area contributed by atoms with Gasteiger partial charge in [-0.25, -0.2) is 9.59 Å². The summed E-state index contributed by atoms with van der Waals surface area (Å²) in [5.74, 6) is -3.95. The van der Waals surface area contributed by atoms with Gasteiger partial charge in [-0.3, -0.25) is 4.74 Å². The van der Waals surface area contributed by atoms with Gasteiger partial charge >= 0.3 is 11.9 Å². The number of hydrogen-bond acceptors (Lipinski definition) is 6. The Morgan fingerprint density at radius 1 is 1.00 bits per heavy atom. The number of carboxylic acids is 2. The zero-order chi connectivity index (χ0) is 22.7. The Morgan fingerprint density at radius 2 is 1.57 bits per heavy atom.